The number of unbranched alkanes of at least 4 members (excludes halogenated alkanes) is 1. The van der Waals surface area contributed by atoms with Crippen LogP contribution in [0, 0.1) is 0 Å². The summed E-state index contributed by atoms with van der Waals surface area (Å²) in [6.45, 7) is 0.810. The summed E-state index contributed by atoms with van der Waals surface area (Å²) in [5.74, 6) is 0.200. The fourth-order valence-corrected chi connectivity index (χ4v) is 3.14. The zero-order valence-electron chi connectivity index (χ0n) is 10.1. The van der Waals surface area contributed by atoms with Gasteiger partial charge in [0.15, 0.2) is 9.84 Å². The number of hydrogen-bond acceptors (Lipinski definition) is 3. The van der Waals surface area contributed by atoms with E-state index >= 15 is 0 Å². The molecular weight excluding hydrogens is 248 g/mol. The Morgan fingerprint density at radius 1 is 1.11 bits per heavy atom. The zero-order valence-corrected chi connectivity index (χ0v) is 10.9. The van der Waals surface area contributed by atoms with Gasteiger partial charge in [-0.1, -0.05) is 18.2 Å². The third-order valence-corrected chi connectivity index (χ3v) is 4.56. The van der Waals surface area contributed by atoms with E-state index in [0.29, 0.717) is 11.3 Å². The third-order valence-electron chi connectivity index (χ3n) is 2.74. The summed E-state index contributed by atoms with van der Waals surface area (Å²) in [5, 5.41) is 0. The van der Waals surface area contributed by atoms with Gasteiger partial charge < -0.3 is 4.57 Å². The number of benzene rings is 1. The molecule has 2 aromatic rings. The first kappa shape index (κ1) is 12.8. The van der Waals surface area contributed by atoms with Gasteiger partial charge >= 0.3 is 0 Å². The molecule has 0 radical (unpaired) electrons. The summed E-state index contributed by atoms with van der Waals surface area (Å²) in [6.07, 6.45) is 6.84. The highest BCUT2D eigenvalue weighted by Crippen LogP contribution is 2.12. The first-order valence-electron chi connectivity index (χ1n) is 5.92. The van der Waals surface area contributed by atoms with Crippen molar-refractivity contribution in [1.29, 1.82) is 0 Å². The molecule has 1 aromatic heterocycles. The van der Waals surface area contributed by atoms with Crippen LogP contribution in [-0.2, 0) is 16.4 Å². The van der Waals surface area contributed by atoms with E-state index in [1.54, 1.807) is 36.8 Å². The van der Waals surface area contributed by atoms with E-state index in [2.05, 4.69) is 4.98 Å². The lowest BCUT2D eigenvalue weighted by Crippen LogP contribution is -2.07. The van der Waals surface area contributed by atoms with Crippen LogP contribution in [0.4, 0.5) is 0 Å². The van der Waals surface area contributed by atoms with Crippen LogP contribution in [0.2, 0.25) is 0 Å². The molecule has 18 heavy (non-hydrogen) atoms. The van der Waals surface area contributed by atoms with E-state index in [0.717, 1.165) is 13.0 Å². The van der Waals surface area contributed by atoms with Crippen molar-refractivity contribution in [2.75, 3.05) is 5.75 Å². The van der Waals surface area contributed by atoms with Gasteiger partial charge in [-0.15, -0.1) is 0 Å². The second kappa shape index (κ2) is 5.82. The van der Waals surface area contributed by atoms with E-state index in [-0.39, 0.29) is 5.75 Å². The van der Waals surface area contributed by atoms with Crippen molar-refractivity contribution < 1.29 is 8.42 Å². The molecule has 0 bridgehead atoms. The Morgan fingerprint density at radius 2 is 1.89 bits per heavy atom. The summed E-state index contributed by atoms with van der Waals surface area (Å²) >= 11 is 0. The maximum atomic E-state index is 12.0. The highest BCUT2D eigenvalue weighted by atomic mass is 32.2. The predicted octanol–water partition coefficient (Wildman–Crippen LogP) is 2.14. The molecule has 0 aliphatic rings. The topological polar surface area (TPSA) is 52.0 Å². The van der Waals surface area contributed by atoms with Crippen LogP contribution in [0.1, 0.15) is 12.8 Å². The average molecular weight is 264 g/mol. The number of imidazole rings is 1. The summed E-state index contributed by atoms with van der Waals surface area (Å²) in [7, 11) is -3.13. The minimum Gasteiger partial charge on any atom is -0.337 e. The lowest BCUT2D eigenvalue weighted by atomic mass is 10.3. The first-order valence-corrected chi connectivity index (χ1v) is 7.57. The van der Waals surface area contributed by atoms with Gasteiger partial charge in [-0.05, 0) is 25.0 Å². The van der Waals surface area contributed by atoms with Crippen LogP contribution < -0.4 is 0 Å². The van der Waals surface area contributed by atoms with Crippen LogP contribution in [-0.4, -0.2) is 23.7 Å². The van der Waals surface area contributed by atoms with Crippen molar-refractivity contribution in [3.63, 3.8) is 0 Å². The Balaban J connectivity index is 1.83. The van der Waals surface area contributed by atoms with Crippen LogP contribution in [0.3, 0.4) is 0 Å². The Labute approximate surface area is 107 Å². The van der Waals surface area contributed by atoms with Gasteiger partial charge in [-0.3, -0.25) is 0 Å². The second-order valence-electron chi connectivity index (χ2n) is 4.14. The molecule has 0 fully saturated rings. The highest BCUT2D eigenvalue weighted by Gasteiger charge is 2.12. The smallest absolute Gasteiger partial charge is 0.178 e. The monoisotopic (exact) mass is 264 g/mol. The van der Waals surface area contributed by atoms with Gasteiger partial charge in [0.1, 0.15) is 0 Å². The molecular formula is C13H16N2O2S. The third kappa shape index (κ3) is 3.43. The molecule has 0 atom stereocenters. The molecule has 0 spiro atoms. The lowest BCUT2D eigenvalue weighted by Gasteiger charge is -2.04. The SMILES string of the molecule is O=S(=O)(CCCCn1ccnc1)c1ccccc1. The van der Waals surface area contributed by atoms with Crippen molar-refractivity contribution >= 4 is 9.84 Å². The van der Waals surface area contributed by atoms with Crippen LogP contribution in [0.15, 0.2) is 53.9 Å². The van der Waals surface area contributed by atoms with Gasteiger partial charge in [-0.25, -0.2) is 13.4 Å². The number of sulfone groups is 1. The minimum absolute atomic E-state index is 0.200. The van der Waals surface area contributed by atoms with E-state index in [9.17, 15) is 8.42 Å². The molecule has 0 aliphatic heterocycles. The number of rotatable bonds is 6. The quantitative estimate of drug-likeness (QED) is 0.751. The molecule has 0 N–H and O–H groups in total. The van der Waals surface area contributed by atoms with Crippen LogP contribution in [0.25, 0.3) is 0 Å². The van der Waals surface area contributed by atoms with Crippen molar-refractivity contribution in [1.82, 2.24) is 9.55 Å². The van der Waals surface area contributed by atoms with Gasteiger partial charge in [0, 0.05) is 18.9 Å². The number of aromatic nitrogens is 2. The molecule has 0 saturated carbocycles. The van der Waals surface area contributed by atoms with Gasteiger partial charge in [0.25, 0.3) is 0 Å². The average Bonchev–Trinajstić information content (AvgIpc) is 2.89. The number of hydrogen-bond donors (Lipinski definition) is 0. The highest BCUT2D eigenvalue weighted by molar-refractivity contribution is 7.91. The van der Waals surface area contributed by atoms with Crippen LogP contribution >= 0.6 is 0 Å². The predicted molar refractivity (Wildman–Crippen MR) is 70.0 cm³/mol. The standard InChI is InChI=1S/C13H16N2O2S/c16-18(17,13-6-2-1-3-7-13)11-5-4-9-15-10-8-14-12-15/h1-3,6-8,10,12H,4-5,9,11H2. The van der Waals surface area contributed by atoms with Gasteiger partial charge in [0.05, 0.1) is 17.0 Å². The molecule has 2 rings (SSSR count). The summed E-state index contributed by atoms with van der Waals surface area (Å²) < 4.78 is 25.9. The van der Waals surface area contributed by atoms with Crippen molar-refractivity contribution in [2.45, 2.75) is 24.3 Å². The van der Waals surface area contributed by atoms with Gasteiger partial charge in [-0.2, -0.15) is 0 Å². The maximum Gasteiger partial charge on any atom is 0.178 e. The normalized spacial score (nSPS) is 11.6. The number of nitrogens with zero attached hydrogens (tertiary/aromatic N) is 2. The molecule has 4 nitrogen and oxygen atoms in total. The first-order chi connectivity index (χ1) is 8.68. The van der Waals surface area contributed by atoms with E-state index in [4.69, 9.17) is 0 Å². The Hall–Kier alpha value is -1.62. The van der Waals surface area contributed by atoms with Gasteiger partial charge in [0.2, 0.25) is 0 Å². The number of aryl methyl sites for hydroxylation is 1. The molecule has 0 aliphatic carbocycles. The van der Waals surface area contributed by atoms with Crippen molar-refractivity contribution in [2.24, 2.45) is 0 Å². The largest absolute Gasteiger partial charge is 0.337 e. The summed E-state index contributed by atoms with van der Waals surface area (Å²) in [5.41, 5.74) is 0. The Morgan fingerprint density at radius 3 is 2.56 bits per heavy atom. The molecule has 0 amide bonds. The lowest BCUT2D eigenvalue weighted by molar-refractivity contribution is 0.583. The summed E-state index contributed by atoms with van der Waals surface area (Å²) in [4.78, 5) is 4.35. The van der Waals surface area contributed by atoms with E-state index in [1.165, 1.54) is 0 Å². The molecule has 1 heterocycles. The maximum absolute atomic E-state index is 12.0. The summed E-state index contributed by atoms with van der Waals surface area (Å²) in [6, 6.07) is 8.60. The Bertz CT molecular complexity index is 562. The zero-order chi connectivity index (χ0) is 12.8. The fourth-order valence-electron chi connectivity index (χ4n) is 1.75. The van der Waals surface area contributed by atoms with Crippen LogP contribution in [0.5, 0.6) is 0 Å². The molecule has 0 unspecified atom stereocenters. The molecule has 1 aromatic carbocycles. The van der Waals surface area contributed by atoms with Crippen molar-refractivity contribution in [3.8, 4) is 0 Å². The van der Waals surface area contributed by atoms with Crippen molar-refractivity contribution in [3.05, 3.63) is 49.1 Å². The Kier molecular flexibility index (Phi) is 4.15. The molecule has 96 valence electrons. The fraction of sp³-hybridized carbons (Fsp3) is 0.308. The molecule has 5 heteroatoms. The van der Waals surface area contributed by atoms with E-state index in [1.807, 2.05) is 16.8 Å². The van der Waals surface area contributed by atoms with E-state index < -0.39 is 9.84 Å². The minimum atomic E-state index is -3.13. The molecule has 0 saturated heterocycles. The second-order valence-corrected chi connectivity index (χ2v) is 6.25.